The maximum atomic E-state index is 11.3. The van der Waals surface area contributed by atoms with Gasteiger partial charge in [0.25, 0.3) is 0 Å². The van der Waals surface area contributed by atoms with Crippen molar-refractivity contribution in [3.8, 4) is 0 Å². The van der Waals surface area contributed by atoms with Crippen LogP contribution in [0.3, 0.4) is 0 Å². The summed E-state index contributed by atoms with van der Waals surface area (Å²) in [5, 5.41) is 9.29. The van der Waals surface area contributed by atoms with Crippen LogP contribution in [-0.2, 0) is 11.2 Å². The molecule has 2 nitrogen and oxygen atoms in total. The zero-order chi connectivity index (χ0) is 12.3. The van der Waals surface area contributed by atoms with Gasteiger partial charge >= 0.3 is 5.97 Å². The topological polar surface area (TPSA) is 37.3 Å². The van der Waals surface area contributed by atoms with E-state index in [1.54, 1.807) is 11.3 Å². The summed E-state index contributed by atoms with van der Waals surface area (Å²) < 4.78 is 0.792. The third-order valence-electron chi connectivity index (χ3n) is 3.57. The number of hydrogen-bond donors (Lipinski definition) is 1. The van der Waals surface area contributed by atoms with Gasteiger partial charge < -0.3 is 5.11 Å². The van der Waals surface area contributed by atoms with Gasteiger partial charge in [0.2, 0.25) is 0 Å². The van der Waals surface area contributed by atoms with Gasteiger partial charge in [-0.3, -0.25) is 4.79 Å². The second-order valence-electron chi connectivity index (χ2n) is 4.75. The van der Waals surface area contributed by atoms with Gasteiger partial charge in [0, 0.05) is 4.88 Å². The third-order valence-corrected chi connectivity index (χ3v) is 4.82. The lowest BCUT2D eigenvalue weighted by Crippen LogP contribution is -2.24. The van der Waals surface area contributed by atoms with Gasteiger partial charge in [-0.25, -0.2) is 0 Å². The number of carbonyl (C=O) groups is 1. The van der Waals surface area contributed by atoms with Crippen molar-refractivity contribution in [1.82, 2.24) is 0 Å². The minimum Gasteiger partial charge on any atom is -0.481 e. The molecule has 1 N–H and O–H groups in total. The number of carboxylic acid groups (broad SMARTS) is 1. The van der Waals surface area contributed by atoms with Crippen LogP contribution in [-0.4, -0.2) is 11.1 Å². The van der Waals surface area contributed by atoms with Crippen LogP contribution < -0.4 is 0 Å². The lowest BCUT2D eigenvalue weighted by Gasteiger charge is -2.20. The van der Waals surface area contributed by atoms with Crippen molar-refractivity contribution in [1.29, 1.82) is 0 Å². The first-order valence-corrected chi connectivity index (χ1v) is 7.33. The van der Waals surface area contributed by atoms with Crippen molar-refractivity contribution >= 4 is 28.9 Å². The Balaban J connectivity index is 2.07. The Labute approximate surface area is 111 Å². The molecule has 0 amide bonds. The summed E-state index contributed by atoms with van der Waals surface area (Å²) in [4.78, 5) is 12.5. The van der Waals surface area contributed by atoms with E-state index >= 15 is 0 Å². The molecule has 0 saturated heterocycles. The molecule has 2 unspecified atom stereocenters. The molecule has 1 saturated carbocycles. The largest absolute Gasteiger partial charge is 0.481 e. The molecule has 2 atom stereocenters. The van der Waals surface area contributed by atoms with E-state index in [9.17, 15) is 9.90 Å². The summed E-state index contributed by atoms with van der Waals surface area (Å²) in [5.41, 5.74) is 0. The molecule has 1 heterocycles. The molecule has 2 rings (SSSR count). The van der Waals surface area contributed by atoms with E-state index in [-0.39, 0.29) is 11.8 Å². The van der Waals surface area contributed by atoms with Crippen molar-refractivity contribution in [2.24, 2.45) is 11.8 Å². The van der Waals surface area contributed by atoms with Crippen LogP contribution in [0.5, 0.6) is 0 Å². The Kier molecular flexibility index (Phi) is 4.46. The molecule has 0 aromatic carbocycles. The fourth-order valence-corrected chi connectivity index (χ4v) is 3.85. The second-order valence-corrected chi connectivity index (χ2v) is 6.55. The van der Waals surface area contributed by atoms with Crippen LogP contribution in [0.2, 0.25) is 4.34 Å². The third kappa shape index (κ3) is 3.46. The first kappa shape index (κ1) is 12.9. The summed E-state index contributed by atoms with van der Waals surface area (Å²) in [6.07, 6.45) is 6.12. The number of halogens is 1. The van der Waals surface area contributed by atoms with E-state index < -0.39 is 5.97 Å². The van der Waals surface area contributed by atoms with Crippen molar-refractivity contribution < 1.29 is 9.90 Å². The van der Waals surface area contributed by atoms with Crippen LogP contribution in [0, 0.1) is 11.8 Å². The number of aliphatic carboxylic acids is 1. The van der Waals surface area contributed by atoms with Crippen molar-refractivity contribution in [2.45, 2.75) is 38.5 Å². The van der Waals surface area contributed by atoms with Gasteiger partial charge in [-0.05, 0) is 37.3 Å². The highest BCUT2D eigenvalue weighted by Gasteiger charge is 2.29. The summed E-state index contributed by atoms with van der Waals surface area (Å²) >= 11 is 7.49. The van der Waals surface area contributed by atoms with E-state index in [0.717, 1.165) is 36.4 Å². The normalized spacial score (nSPS) is 25.5. The van der Waals surface area contributed by atoms with Crippen LogP contribution in [0.4, 0.5) is 0 Å². The van der Waals surface area contributed by atoms with E-state index in [4.69, 9.17) is 11.6 Å². The molecule has 0 bridgehead atoms. The van der Waals surface area contributed by atoms with Crippen LogP contribution >= 0.6 is 22.9 Å². The zero-order valence-corrected chi connectivity index (χ0v) is 11.3. The summed E-state index contributed by atoms with van der Waals surface area (Å²) in [6, 6.07) is 3.92. The second kappa shape index (κ2) is 5.87. The van der Waals surface area contributed by atoms with Crippen molar-refractivity contribution in [3.63, 3.8) is 0 Å². The summed E-state index contributed by atoms with van der Waals surface area (Å²) in [6.45, 7) is 0. The first-order valence-electron chi connectivity index (χ1n) is 6.14. The summed E-state index contributed by atoms with van der Waals surface area (Å²) in [5.74, 6) is -0.511. The molecular formula is C13H17ClO2S. The fourth-order valence-electron chi connectivity index (χ4n) is 2.67. The van der Waals surface area contributed by atoms with E-state index in [1.165, 1.54) is 11.3 Å². The summed E-state index contributed by atoms with van der Waals surface area (Å²) in [7, 11) is 0. The predicted molar refractivity (Wildman–Crippen MR) is 70.7 cm³/mol. The number of thiophene rings is 1. The van der Waals surface area contributed by atoms with E-state index in [2.05, 4.69) is 0 Å². The monoisotopic (exact) mass is 272 g/mol. The standard InChI is InChI=1S/C13H17ClO2S/c14-12-7-6-10(17-12)8-9-4-2-1-3-5-11(9)13(15)16/h6-7,9,11H,1-5,8H2,(H,15,16). The number of carboxylic acids is 1. The maximum absolute atomic E-state index is 11.3. The highest BCUT2D eigenvalue weighted by Crippen LogP contribution is 2.34. The lowest BCUT2D eigenvalue weighted by molar-refractivity contribution is -0.143. The fraction of sp³-hybridized carbons (Fsp3) is 0.615. The van der Waals surface area contributed by atoms with Crippen LogP contribution in [0.15, 0.2) is 12.1 Å². The van der Waals surface area contributed by atoms with Gasteiger partial charge in [-0.15, -0.1) is 11.3 Å². The minimum absolute atomic E-state index is 0.168. The Morgan fingerprint density at radius 3 is 2.76 bits per heavy atom. The molecule has 1 aromatic heterocycles. The SMILES string of the molecule is O=C(O)C1CCCCCC1Cc1ccc(Cl)s1. The molecule has 94 valence electrons. The Morgan fingerprint density at radius 1 is 1.35 bits per heavy atom. The molecule has 0 spiro atoms. The number of rotatable bonds is 3. The lowest BCUT2D eigenvalue weighted by atomic mass is 9.85. The van der Waals surface area contributed by atoms with Gasteiger partial charge in [0.1, 0.15) is 0 Å². The van der Waals surface area contributed by atoms with Gasteiger partial charge in [0.05, 0.1) is 10.3 Å². The minimum atomic E-state index is -0.625. The molecule has 1 fully saturated rings. The van der Waals surface area contributed by atoms with Crippen molar-refractivity contribution in [2.75, 3.05) is 0 Å². The molecule has 1 aliphatic carbocycles. The Bertz CT molecular complexity index is 389. The van der Waals surface area contributed by atoms with Crippen LogP contribution in [0.1, 0.15) is 37.0 Å². The van der Waals surface area contributed by atoms with Gasteiger partial charge in [-0.2, -0.15) is 0 Å². The van der Waals surface area contributed by atoms with Crippen molar-refractivity contribution in [3.05, 3.63) is 21.3 Å². The molecule has 1 aromatic rings. The molecule has 0 aliphatic heterocycles. The average molecular weight is 273 g/mol. The Morgan fingerprint density at radius 2 is 2.12 bits per heavy atom. The number of hydrogen-bond acceptors (Lipinski definition) is 2. The molecule has 17 heavy (non-hydrogen) atoms. The van der Waals surface area contributed by atoms with Crippen LogP contribution in [0.25, 0.3) is 0 Å². The molecule has 1 aliphatic rings. The smallest absolute Gasteiger partial charge is 0.306 e. The van der Waals surface area contributed by atoms with E-state index in [1.807, 2.05) is 12.1 Å². The molecule has 0 radical (unpaired) electrons. The highest BCUT2D eigenvalue weighted by atomic mass is 35.5. The zero-order valence-electron chi connectivity index (χ0n) is 9.69. The molecular weight excluding hydrogens is 256 g/mol. The molecule has 4 heteroatoms. The van der Waals surface area contributed by atoms with Gasteiger partial charge in [-0.1, -0.05) is 30.9 Å². The van der Waals surface area contributed by atoms with Gasteiger partial charge in [0.15, 0.2) is 0 Å². The Hall–Kier alpha value is -0.540. The average Bonchev–Trinajstić information content (AvgIpc) is 2.55. The quantitative estimate of drug-likeness (QED) is 0.837. The highest BCUT2D eigenvalue weighted by molar-refractivity contribution is 7.16. The predicted octanol–water partition coefficient (Wildman–Crippen LogP) is 4.23. The maximum Gasteiger partial charge on any atom is 0.306 e. The first-order chi connectivity index (χ1) is 8.16. The van der Waals surface area contributed by atoms with E-state index in [0.29, 0.717) is 0 Å².